The molecule has 1 rings (SSSR count). The quantitative estimate of drug-likeness (QED) is 0.638. The van der Waals surface area contributed by atoms with Crippen molar-refractivity contribution in [1.29, 1.82) is 0 Å². The fraction of sp³-hybridized carbons (Fsp3) is 0.846. The zero-order chi connectivity index (χ0) is 13.6. The summed E-state index contributed by atoms with van der Waals surface area (Å²) in [5.41, 5.74) is -0.356. The third kappa shape index (κ3) is 3.45. The first-order chi connectivity index (χ1) is 8.53. The monoisotopic (exact) mass is 255 g/mol. The predicted octanol–water partition coefficient (Wildman–Crippen LogP) is 0.265. The van der Waals surface area contributed by atoms with Gasteiger partial charge in [-0.3, -0.25) is 9.59 Å². The first-order valence-electron chi connectivity index (χ1n) is 6.78. The highest BCUT2D eigenvalue weighted by molar-refractivity contribution is 5.88. The SMILES string of the molecule is CCCNC(=O)CNC(=O)C1(C(C)C)CCNC1. The molecule has 3 N–H and O–H groups in total. The lowest BCUT2D eigenvalue weighted by atomic mass is 9.75. The van der Waals surface area contributed by atoms with E-state index >= 15 is 0 Å². The summed E-state index contributed by atoms with van der Waals surface area (Å²) >= 11 is 0. The molecular formula is C13H25N3O2. The molecular weight excluding hydrogens is 230 g/mol. The van der Waals surface area contributed by atoms with E-state index < -0.39 is 0 Å². The van der Waals surface area contributed by atoms with Crippen molar-refractivity contribution in [3.05, 3.63) is 0 Å². The van der Waals surface area contributed by atoms with Crippen LogP contribution >= 0.6 is 0 Å². The molecule has 18 heavy (non-hydrogen) atoms. The van der Waals surface area contributed by atoms with Crippen LogP contribution in [-0.4, -0.2) is 38.0 Å². The summed E-state index contributed by atoms with van der Waals surface area (Å²) in [5, 5.41) is 8.75. The topological polar surface area (TPSA) is 70.2 Å². The van der Waals surface area contributed by atoms with Crippen molar-refractivity contribution in [2.45, 2.75) is 33.6 Å². The summed E-state index contributed by atoms with van der Waals surface area (Å²) in [6, 6.07) is 0. The normalized spacial score (nSPS) is 23.1. The molecule has 5 heteroatoms. The molecule has 0 bridgehead atoms. The summed E-state index contributed by atoms with van der Waals surface area (Å²) in [4.78, 5) is 23.7. The molecule has 0 aliphatic carbocycles. The second kappa shape index (κ2) is 6.73. The lowest BCUT2D eigenvalue weighted by molar-refractivity contribution is -0.134. The molecule has 0 spiro atoms. The summed E-state index contributed by atoms with van der Waals surface area (Å²) in [7, 11) is 0. The Balaban J connectivity index is 2.46. The van der Waals surface area contributed by atoms with Gasteiger partial charge in [-0.15, -0.1) is 0 Å². The van der Waals surface area contributed by atoms with E-state index in [-0.39, 0.29) is 29.7 Å². The average Bonchev–Trinajstić information content (AvgIpc) is 2.83. The molecule has 2 amide bonds. The summed E-state index contributed by atoms with van der Waals surface area (Å²) in [5.74, 6) is 0.149. The van der Waals surface area contributed by atoms with Gasteiger partial charge in [-0.25, -0.2) is 0 Å². The van der Waals surface area contributed by atoms with Crippen LogP contribution in [0, 0.1) is 11.3 Å². The van der Waals surface area contributed by atoms with Gasteiger partial charge in [-0.05, 0) is 25.3 Å². The number of hydrogen-bond donors (Lipinski definition) is 3. The molecule has 0 aromatic rings. The number of carbonyl (C=O) groups excluding carboxylic acids is 2. The Morgan fingerprint density at radius 3 is 2.56 bits per heavy atom. The van der Waals surface area contributed by atoms with Crippen LogP contribution in [0.5, 0.6) is 0 Å². The van der Waals surface area contributed by atoms with Gasteiger partial charge in [-0.1, -0.05) is 20.8 Å². The van der Waals surface area contributed by atoms with E-state index in [9.17, 15) is 9.59 Å². The highest BCUT2D eigenvalue weighted by atomic mass is 16.2. The van der Waals surface area contributed by atoms with Gasteiger partial charge in [-0.2, -0.15) is 0 Å². The molecule has 1 aliphatic rings. The fourth-order valence-electron chi connectivity index (χ4n) is 2.32. The highest BCUT2D eigenvalue weighted by Gasteiger charge is 2.43. The maximum atomic E-state index is 12.3. The van der Waals surface area contributed by atoms with Crippen molar-refractivity contribution in [1.82, 2.24) is 16.0 Å². The molecule has 5 nitrogen and oxygen atoms in total. The van der Waals surface area contributed by atoms with Gasteiger partial charge in [0, 0.05) is 13.1 Å². The third-order valence-electron chi connectivity index (χ3n) is 3.73. The Labute approximate surface area is 109 Å². The smallest absolute Gasteiger partial charge is 0.239 e. The van der Waals surface area contributed by atoms with E-state index in [1.807, 2.05) is 6.92 Å². The van der Waals surface area contributed by atoms with Gasteiger partial charge in [0.05, 0.1) is 12.0 Å². The lowest BCUT2D eigenvalue weighted by Crippen LogP contribution is -2.48. The number of amides is 2. The number of carbonyl (C=O) groups is 2. The Kier molecular flexibility index (Phi) is 5.59. The highest BCUT2D eigenvalue weighted by Crippen LogP contribution is 2.34. The van der Waals surface area contributed by atoms with Crippen LogP contribution in [0.2, 0.25) is 0 Å². The van der Waals surface area contributed by atoms with Crippen LogP contribution in [0.4, 0.5) is 0 Å². The van der Waals surface area contributed by atoms with Crippen LogP contribution in [0.3, 0.4) is 0 Å². The molecule has 1 heterocycles. The molecule has 0 aromatic heterocycles. The van der Waals surface area contributed by atoms with Gasteiger partial charge in [0.1, 0.15) is 0 Å². The zero-order valence-electron chi connectivity index (χ0n) is 11.6. The minimum atomic E-state index is -0.356. The number of nitrogens with one attached hydrogen (secondary N) is 3. The zero-order valence-corrected chi connectivity index (χ0v) is 11.6. The average molecular weight is 255 g/mol. The Bertz CT molecular complexity index is 297. The van der Waals surface area contributed by atoms with Crippen molar-refractivity contribution in [2.75, 3.05) is 26.2 Å². The van der Waals surface area contributed by atoms with Crippen molar-refractivity contribution < 1.29 is 9.59 Å². The minimum Gasteiger partial charge on any atom is -0.355 e. The fourth-order valence-corrected chi connectivity index (χ4v) is 2.32. The van der Waals surface area contributed by atoms with E-state index in [1.54, 1.807) is 0 Å². The standard InChI is InChI=1S/C13H25N3O2/c1-4-6-15-11(17)8-16-12(18)13(10(2)3)5-7-14-9-13/h10,14H,4-9H2,1-3H3,(H,15,17)(H,16,18). The number of rotatable bonds is 6. The summed E-state index contributed by atoms with van der Waals surface area (Å²) in [6.07, 6.45) is 1.74. The Morgan fingerprint density at radius 2 is 2.06 bits per heavy atom. The van der Waals surface area contributed by atoms with E-state index in [2.05, 4.69) is 29.8 Å². The molecule has 0 aromatic carbocycles. The van der Waals surface area contributed by atoms with Crippen molar-refractivity contribution in [2.24, 2.45) is 11.3 Å². The van der Waals surface area contributed by atoms with Crippen molar-refractivity contribution >= 4 is 11.8 Å². The van der Waals surface area contributed by atoms with Gasteiger partial charge < -0.3 is 16.0 Å². The lowest BCUT2D eigenvalue weighted by Gasteiger charge is -2.30. The van der Waals surface area contributed by atoms with Crippen molar-refractivity contribution in [3.8, 4) is 0 Å². The first-order valence-corrected chi connectivity index (χ1v) is 6.78. The summed E-state index contributed by atoms with van der Waals surface area (Å²) in [6.45, 7) is 8.42. The molecule has 1 atom stereocenters. The molecule has 0 saturated carbocycles. The summed E-state index contributed by atoms with van der Waals surface area (Å²) < 4.78 is 0. The molecule has 1 aliphatic heterocycles. The van der Waals surface area contributed by atoms with E-state index in [4.69, 9.17) is 0 Å². The van der Waals surface area contributed by atoms with E-state index in [0.717, 1.165) is 19.4 Å². The molecule has 104 valence electrons. The first kappa shape index (κ1) is 15.0. The van der Waals surface area contributed by atoms with Gasteiger partial charge in [0.2, 0.25) is 11.8 Å². The van der Waals surface area contributed by atoms with Gasteiger partial charge >= 0.3 is 0 Å². The maximum absolute atomic E-state index is 12.3. The van der Waals surface area contributed by atoms with Crippen LogP contribution in [-0.2, 0) is 9.59 Å². The van der Waals surface area contributed by atoms with Crippen LogP contribution in [0.25, 0.3) is 0 Å². The molecule has 1 unspecified atom stereocenters. The Morgan fingerprint density at radius 1 is 1.33 bits per heavy atom. The second-order valence-electron chi connectivity index (χ2n) is 5.27. The Hall–Kier alpha value is -1.10. The van der Waals surface area contributed by atoms with E-state index in [1.165, 1.54) is 0 Å². The number of hydrogen-bond acceptors (Lipinski definition) is 3. The van der Waals surface area contributed by atoms with Crippen LogP contribution in [0.15, 0.2) is 0 Å². The molecule has 1 saturated heterocycles. The predicted molar refractivity (Wildman–Crippen MR) is 71.1 cm³/mol. The largest absolute Gasteiger partial charge is 0.355 e. The third-order valence-corrected chi connectivity index (χ3v) is 3.73. The van der Waals surface area contributed by atoms with Crippen LogP contribution in [0.1, 0.15) is 33.6 Å². The van der Waals surface area contributed by atoms with E-state index in [0.29, 0.717) is 13.1 Å². The van der Waals surface area contributed by atoms with Gasteiger partial charge in [0.15, 0.2) is 0 Å². The van der Waals surface area contributed by atoms with Gasteiger partial charge in [0.25, 0.3) is 0 Å². The van der Waals surface area contributed by atoms with Crippen molar-refractivity contribution in [3.63, 3.8) is 0 Å². The minimum absolute atomic E-state index is 0.00542. The second-order valence-corrected chi connectivity index (χ2v) is 5.27. The maximum Gasteiger partial charge on any atom is 0.239 e. The van der Waals surface area contributed by atoms with Crippen LogP contribution < -0.4 is 16.0 Å². The molecule has 1 fully saturated rings. The molecule has 0 radical (unpaired) electrons.